The fraction of sp³-hybridized carbons (Fsp3) is 0.154. The third kappa shape index (κ3) is 4.98. The summed E-state index contributed by atoms with van der Waals surface area (Å²) in [5.74, 6) is 0.956. The zero-order valence-corrected chi connectivity index (χ0v) is 19.0. The van der Waals surface area contributed by atoms with Crippen molar-refractivity contribution in [1.29, 1.82) is 0 Å². The average molecular weight is 468 g/mol. The number of nitrogens with one attached hydrogen (secondary N) is 4. The van der Waals surface area contributed by atoms with E-state index in [9.17, 15) is 9.59 Å². The van der Waals surface area contributed by atoms with Crippen LogP contribution in [0.1, 0.15) is 31.8 Å². The molecule has 35 heavy (non-hydrogen) atoms. The smallest absolute Gasteiger partial charge is 0.257 e. The van der Waals surface area contributed by atoms with Crippen molar-refractivity contribution >= 4 is 40.5 Å². The number of amides is 2. The number of nitrogen functional groups attached to an aromatic ring is 1. The van der Waals surface area contributed by atoms with Crippen molar-refractivity contribution < 1.29 is 9.59 Å². The molecule has 0 saturated heterocycles. The summed E-state index contributed by atoms with van der Waals surface area (Å²) in [6.45, 7) is 3.09. The van der Waals surface area contributed by atoms with E-state index in [0.717, 1.165) is 49.0 Å². The quantitative estimate of drug-likeness (QED) is 0.355. The van der Waals surface area contributed by atoms with E-state index in [1.54, 1.807) is 18.2 Å². The zero-order valence-electron chi connectivity index (χ0n) is 19.0. The summed E-state index contributed by atoms with van der Waals surface area (Å²) in [5.41, 5.74) is 10.1. The molecular weight excluding hydrogens is 442 g/mol. The van der Waals surface area contributed by atoms with E-state index >= 15 is 0 Å². The Balaban J connectivity index is 1.27. The molecule has 0 atom stereocenters. The predicted molar refractivity (Wildman–Crippen MR) is 138 cm³/mol. The molecule has 2 aliphatic heterocycles. The lowest BCUT2D eigenvalue weighted by Gasteiger charge is -2.11. The first-order chi connectivity index (χ1) is 17.1. The fourth-order valence-electron chi connectivity index (χ4n) is 3.98. The van der Waals surface area contributed by atoms with Crippen LogP contribution in [0.4, 0.5) is 17.1 Å². The van der Waals surface area contributed by atoms with Crippen LogP contribution in [0, 0.1) is 0 Å². The highest BCUT2D eigenvalue weighted by molar-refractivity contribution is 6.11. The van der Waals surface area contributed by atoms with E-state index in [0.29, 0.717) is 16.9 Å². The third-order valence-corrected chi connectivity index (χ3v) is 5.69. The molecule has 3 aromatic carbocycles. The fourth-order valence-corrected chi connectivity index (χ4v) is 3.98. The summed E-state index contributed by atoms with van der Waals surface area (Å²) in [6, 6.07) is 19.6. The predicted octanol–water partition coefficient (Wildman–Crippen LogP) is 2.47. The van der Waals surface area contributed by atoms with Gasteiger partial charge in [0, 0.05) is 46.8 Å². The van der Waals surface area contributed by atoms with Gasteiger partial charge in [0.05, 0.1) is 18.7 Å². The molecule has 2 heterocycles. The molecule has 9 nitrogen and oxygen atoms in total. The number of nitrogens with two attached hydrogens (primary N) is 1. The van der Waals surface area contributed by atoms with Crippen LogP contribution in [0.5, 0.6) is 0 Å². The summed E-state index contributed by atoms with van der Waals surface area (Å²) in [7, 11) is 0. The number of hydrogen-bond acceptors (Lipinski definition) is 7. The maximum absolute atomic E-state index is 12.8. The number of benzene rings is 3. The molecule has 3 aromatic rings. The van der Waals surface area contributed by atoms with Gasteiger partial charge in [-0.2, -0.15) is 0 Å². The van der Waals surface area contributed by atoms with Gasteiger partial charge in [-0.1, -0.05) is 24.3 Å². The molecule has 0 radical (unpaired) electrons. The van der Waals surface area contributed by atoms with Crippen molar-refractivity contribution in [3.8, 4) is 0 Å². The lowest BCUT2D eigenvalue weighted by molar-refractivity contribution is 0.101. The molecule has 0 unspecified atom stereocenters. The summed E-state index contributed by atoms with van der Waals surface area (Å²) >= 11 is 0. The van der Waals surface area contributed by atoms with Gasteiger partial charge >= 0.3 is 0 Å². The Morgan fingerprint density at radius 2 is 1.31 bits per heavy atom. The Labute approximate surface area is 202 Å². The maximum Gasteiger partial charge on any atom is 0.257 e. The van der Waals surface area contributed by atoms with Gasteiger partial charge in [-0.05, 0) is 42.5 Å². The van der Waals surface area contributed by atoms with Crippen LogP contribution < -0.4 is 27.0 Å². The second-order valence-electron chi connectivity index (χ2n) is 8.19. The minimum atomic E-state index is -0.356. The molecule has 2 amide bonds. The van der Waals surface area contributed by atoms with Crippen molar-refractivity contribution in [2.45, 2.75) is 0 Å². The van der Waals surface area contributed by atoms with Crippen LogP contribution in [0.25, 0.3) is 0 Å². The first-order valence-electron chi connectivity index (χ1n) is 11.4. The zero-order chi connectivity index (χ0) is 24.2. The van der Waals surface area contributed by atoms with E-state index in [-0.39, 0.29) is 23.1 Å². The first-order valence-corrected chi connectivity index (χ1v) is 11.4. The Bertz CT molecular complexity index is 1360. The van der Waals surface area contributed by atoms with Crippen LogP contribution in [-0.2, 0) is 0 Å². The molecule has 9 heteroatoms. The number of hydrogen-bond donors (Lipinski definition) is 5. The highest BCUT2D eigenvalue weighted by Gasteiger charge is 2.16. The topological polar surface area (TPSA) is 133 Å². The molecule has 2 aliphatic rings. The monoisotopic (exact) mass is 467 g/mol. The van der Waals surface area contributed by atoms with E-state index in [1.807, 2.05) is 42.5 Å². The minimum Gasteiger partial charge on any atom is -0.398 e. The summed E-state index contributed by atoms with van der Waals surface area (Å²) in [6.07, 6.45) is 0. The van der Waals surface area contributed by atoms with Gasteiger partial charge in [0.25, 0.3) is 11.8 Å². The van der Waals surface area contributed by atoms with Gasteiger partial charge in [0.2, 0.25) is 0 Å². The molecule has 0 aromatic heterocycles. The van der Waals surface area contributed by atoms with Crippen LogP contribution in [0.2, 0.25) is 0 Å². The molecule has 0 fully saturated rings. The van der Waals surface area contributed by atoms with Gasteiger partial charge in [-0.15, -0.1) is 0 Å². The third-order valence-electron chi connectivity index (χ3n) is 5.69. The largest absolute Gasteiger partial charge is 0.398 e. The average Bonchev–Trinajstić information content (AvgIpc) is 3.59. The van der Waals surface area contributed by atoms with Gasteiger partial charge in [-0.25, -0.2) is 0 Å². The van der Waals surface area contributed by atoms with Crippen molar-refractivity contribution in [2.24, 2.45) is 9.98 Å². The molecule has 6 N–H and O–H groups in total. The normalized spacial score (nSPS) is 14.4. The Morgan fingerprint density at radius 1 is 0.743 bits per heavy atom. The Morgan fingerprint density at radius 3 is 1.83 bits per heavy atom. The molecular formula is C26H25N7O2. The highest BCUT2D eigenvalue weighted by atomic mass is 16.2. The molecule has 0 saturated carbocycles. The second kappa shape index (κ2) is 9.68. The van der Waals surface area contributed by atoms with Crippen LogP contribution >= 0.6 is 0 Å². The van der Waals surface area contributed by atoms with Crippen molar-refractivity contribution in [3.63, 3.8) is 0 Å². The highest BCUT2D eigenvalue weighted by Crippen LogP contribution is 2.20. The van der Waals surface area contributed by atoms with Crippen LogP contribution in [0.15, 0.2) is 76.7 Å². The number of amidine groups is 2. The summed E-state index contributed by atoms with van der Waals surface area (Å²) in [4.78, 5) is 34.5. The van der Waals surface area contributed by atoms with Crippen LogP contribution in [0.3, 0.4) is 0 Å². The number of carbonyl (C=O) groups excluding carboxylic acids is 2. The number of aliphatic imine (C=N–C) groups is 2. The van der Waals surface area contributed by atoms with E-state index in [2.05, 4.69) is 31.3 Å². The lowest BCUT2D eigenvalue weighted by Crippen LogP contribution is -2.20. The summed E-state index contributed by atoms with van der Waals surface area (Å²) in [5, 5.41) is 12.2. The van der Waals surface area contributed by atoms with Crippen molar-refractivity contribution in [3.05, 3.63) is 89.0 Å². The first kappa shape index (κ1) is 22.1. The standard InChI is InChI=1S/C26H25N7O2/c27-22-15-18(25(34)32-19-5-1-3-16(13-19)23-28-9-10-29-23)7-8-21(22)26(35)33-20-6-2-4-17(14-20)24-30-11-12-31-24/h1-8,13-15H,9-12,27H2,(H,28,29)(H,30,31)(H,32,34)(H,33,35). The van der Waals surface area contributed by atoms with Crippen LogP contribution in [-0.4, -0.2) is 49.7 Å². The number of rotatable bonds is 6. The number of nitrogens with zero attached hydrogens (tertiary/aromatic N) is 2. The maximum atomic E-state index is 12.8. The number of carbonyl (C=O) groups is 2. The van der Waals surface area contributed by atoms with Crippen molar-refractivity contribution in [1.82, 2.24) is 10.6 Å². The van der Waals surface area contributed by atoms with E-state index in [1.165, 1.54) is 6.07 Å². The van der Waals surface area contributed by atoms with Gasteiger partial charge < -0.3 is 27.0 Å². The molecule has 0 spiro atoms. The van der Waals surface area contributed by atoms with E-state index < -0.39 is 0 Å². The minimum absolute atomic E-state index is 0.214. The SMILES string of the molecule is Nc1cc(C(=O)Nc2cccc(C3=NCCN3)c2)ccc1C(=O)Nc1cccc(C2=NCCN2)c1. The summed E-state index contributed by atoms with van der Waals surface area (Å²) < 4.78 is 0. The molecule has 0 aliphatic carbocycles. The molecule has 176 valence electrons. The second-order valence-corrected chi connectivity index (χ2v) is 8.19. The van der Waals surface area contributed by atoms with Gasteiger partial charge in [0.1, 0.15) is 11.7 Å². The molecule has 5 rings (SSSR count). The van der Waals surface area contributed by atoms with Gasteiger partial charge in [0.15, 0.2) is 0 Å². The lowest BCUT2D eigenvalue weighted by atomic mass is 10.1. The Hall–Kier alpha value is -4.66. The molecule has 0 bridgehead atoms. The number of anilines is 3. The van der Waals surface area contributed by atoms with Crippen molar-refractivity contribution in [2.75, 3.05) is 42.5 Å². The van der Waals surface area contributed by atoms with E-state index in [4.69, 9.17) is 5.73 Å². The van der Waals surface area contributed by atoms with Gasteiger partial charge in [-0.3, -0.25) is 19.6 Å². The Kier molecular flexibility index (Phi) is 6.13.